The van der Waals surface area contributed by atoms with Crippen LogP contribution in [0.3, 0.4) is 0 Å². The third-order valence-electron chi connectivity index (χ3n) is 3.31. The van der Waals surface area contributed by atoms with Crippen molar-refractivity contribution in [1.82, 2.24) is 5.32 Å². The van der Waals surface area contributed by atoms with Gasteiger partial charge in [0, 0.05) is 19.1 Å². The number of rotatable bonds is 7. The van der Waals surface area contributed by atoms with Gasteiger partial charge in [0.2, 0.25) is 0 Å². The quantitative estimate of drug-likeness (QED) is 0.704. The first-order valence-corrected chi connectivity index (χ1v) is 6.21. The molecular formula is C13H29NO2. The average Bonchev–Trinajstić information content (AvgIpc) is 2.21. The Labute approximate surface area is 101 Å². The zero-order valence-corrected chi connectivity index (χ0v) is 11.7. The van der Waals surface area contributed by atoms with Crippen LogP contribution < -0.4 is 5.32 Å². The van der Waals surface area contributed by atoms with Crippen molar-refractivity contribution in [1.29, 1.82) is 0 Å². The van der Waals surface area contributed by atoms with E-state index in [0.717, 1.165) is 19.4 Å². The fourth-order valence-electron chi connectivity index (χ4n) is 2.09. The molecule has 3 nitrogen and oxygen atoms in total. The minimum absolute atomic E-state index is 0.178. The van der Waals surface area contributed by atoms with Crippen molar-refractivity contribution in [2.45, 2.75) is 52.7 Å². The van der Waals surface area contributed by atoms with Gasteiger partial charge in [0.05, 0.1) is 12.7 Å². The monoisotopic (exact) mass is 231 g/mol. The fourth-order valence-corrected chi connectivity index (χ4v) is 2.09. The summed E-state index contributed by atoms with van der Waals surface area (Å²) in [6, 6.07) is 0.301. The molecule has 0 spiro atoms. The Morgan fingerprint density at radius 3 is 2.19 bits per heavy atom. The van der Waals surface area contributed by atoms with Gasteiger partial charge < -0.3 is 15.2 Å². The number of nitrogens with one attached hydrogen (secondary N) is 1. The Balaban J connectivity index is 4.58. The molecule has 0 aliphatic rings. The summed E-state index contributed by atoms with van der Waals surface area (Å²) in [7, 11) is 3.70. The van der Waals surface area contributed by atoms with Crippen LogP contribution in [0.5, 0.6) is 0 Å². The molecule has 3 atom stereocenters. The second kappa shape index (κ2) is 7.25. The Morgan fingerprint density at radius 2 is 1.88 bits per heavy atom. The highest BCUT2D eigenvalue weighted by Crippen LogP contribution is 2.30. The number of hydrogen-bond donors (Lipinski definition) is 2. The second-order valence-corrected chi connectivity index (χ2v) is 5.62. The Morgan fingerprint density at radius 1 is 1.31 bits per heavy atom. The molecule has 0 saturated carbocycles. The summed E-state index contributed by atoms with van der Waals surface area (Å²) in [4.78, 5) is 0. The number of ether oxygens (including phenoxy) is 1. The van der Waals surface area contributed by atoms with Gasteiger partial charge in [-0.05, 0) is 25.3 Å². The van der Waals surface area contributed by atoms with Crippen LogP contribution in [0.2, 0.25) is 0 Å². The van der Waals surface area contributed by atoms with E-state index in [1.807, 2.05) is 14.0 Å². The van der Waals surface area contributed by atoms with Gasteiger partial charge in [-0.3, -0.25) is 0 Å². The van der Waals surface area contributed by atoms with Gasteiger partial charge in [0.15, 0.2) is 0 Å². The maximum absolute atomic E-state index is 9.76. The predicted molar refractivity (Wildman–Crippen MR) is 68.6 cm³/mol. The van der Waals surface area contributed by atoms with Gasteiger partial charge in [-0.1, -0.05) is 27.7 Å². The third kappa shape index (κ3) is 5.28. The summed E-state index contributed by atoms with van der Waals surface area (Å²) >= 11 is 0. The van der Waals surface area contributed by atoms with Crippen molar-refractivity contribution < 1.29 is 9.84 Å². The van der Waals surface area contributed by atoms with Gasteiger partial charge in [0.1, 0.15) is 0 Å². The first-order chi connectivity index (χ1) is 7.36. The molecule has 3 heteroatoms. The third-order valence-corrected chi connectivity index (χ3v) is 3.31. The van der Waals surface area contributed by atoms with E-state index in [4.69, 9.17) is 4.74 Å². The molecule has 0 aromatic rings. The molecule has 0 fully saturated rings. The molecule has 3 unspecified atom stereocenters. The van der Waals surface area contributed by atoms with Gasteiger partial charge in [-0.2, -0.15) is 0 Å². The van der Waals surface area contributed by atoms with Crippen LogP contribution in [0.15, 0.2) is 0 Å². The number of methoxy groups -OCH3 is 1. The van der Waals surface area contributed by atoms with Gasteiger partial charge in [-0.25, -0.2) is 0 Å². The van der Waals surface area contributed by atoms with Crippen molar-refractivity contribution >= 4 is 0 Å². The summed E-state index contributed by atoms with van der Waals surface area (Å²) in [5.41, 5.74) is 0.178. The molecule has 0 aliphatic heterocycles. The van der Waals surface area contributed by atoms with Crippen molar-refractivity contribution in [3.05, 3.63) is 0 Å². The van der Waals surface area contributed by atoms with E-state index >= 15 is 0 Å². The van der Waals surface area contributed by atoms with E-state index in [1.54, 1.807) is 7.11 Å². The fraction of sp³-hybridized carbons (Fsp3) is 1.00. The lowest BCUT2D eigenvalue weighted by Crippen LogP contribution is -2.44. The normalized spacial score (nSPS) is 18.2. The summed E-state index contributed by atoms with van der Waals surface area (Å²) in [5.74, 6) is 0.406. The lowest BCUT2D eigenvalue weighted by atomic mass is 9.75. The number of hydrogen-bond acceptors (Lipinski definition) is 3. The highest BCUT2D eigenvalue weighted by atomic mass is 16.5. The number of aliphatic hydroxyl groups excluding tert-OH is 1. The Kier molecular flexibility index (Phi) is 7.20. The second-order valence-electron chi connectivity index (χ2n) is 5.62. The van der Waals surface area contributed by atoms with Crippen LogP contribution in [-0.4, -0.2) is 38.0 Å². The molecule has 0 bridgehead atoms. The molecule has 0 aliphatic carbocycles. The molecule has 98 valence electrons. The van der Waals surface area contributed by atoms with Crippen molar-refractivity contribution in [3.8, 4) is 0 Å². The molecule has 0 aromatic carbocycles. The maximum Gasteiger partial charge on any atom is 0.0552 e. The van der Waals surface area contributed by atoms with E-state index < -0.39 is 0 Å². The first-order valence-electron chi connectivity index (χ1n) is 6.21. The van der Waals surface area contributed by atoms with Crippen LogP contribution in [-0.2, 0) is 4.74 Å². The predicted octanol–water partition coefficient (Wildman–Crippen LogP) is 2.04. The molecule has 2 N–H and O–H groups in total. The summed E-state index contributed by atoms with van der Waals surface area (Å²) in [5, 5.41) is 13.1. The smallest absolute Gasteiger partial charge is 0.0552 e. The summed E-state index contributed by atoms with van der Waals surface area (Å²) < 4.78 is 5.31. The van der Waals surface area contributed by atoms with Crippen LogP contribution in [0.1, 0.15) is 40.5 Å². The van der Waals surface area contributed by atoms with Gasteiger partial charge in [0.25, 0.3) is 0 Å². The van der Waals surface area contributed by atoms with E-state index in [2.05, 4.69) is 26.1 Å². The largest absolute Gasteiger partial charge is 0.393 e. The SMILES string of the molecule is CCC(O)CC(NC)C(COC)C(C)(C)C. The van der Waals surface area contributed by atoms with Crippen LogP contribution in [0.25, 0.3) is 0 Å². The topological polar surface area (TPSA) is 41.5 Å². The van der Waals surface area contributed by atoms with Crippen LogP contribution in [0.4, 0.5) is 0 Å². The minimum Gasteiger partial charge on any atom is -0.393 e. The standard InChI is InChI=1S/C13H29NO2/c1-7-10(15)8-12(14-5)11(9-16-6)13(2,3)4/h10-12,14-15H,7-9H2,1-6H3. The van der Waals surface area contributed by atoms with Gasteiger partial charge >= 0.3 is 0 Å². The van der Waals surface area contributed by atoms with Crippen LogP contribution >= 0.6 is 0 Å². The zero-order valence-electron chi connectivity index (χ0n) is 11.7. The van der Waals surface area contributed by atoms with Gasteiger partial charge in [-0.15, -0.1) is 0 Å². The number of aliphatic hydroxyl groups is 1. The average molecular weight is 231 g/mol. The lowest BCUT2D eigenvalue weighted by molar-refractivity contribution is 0.0444. The maximum atomic E-state index is 9.76. The molecule has 0 radical (unpaired) electrons. The highest BCUT2D eigenvalue weighted by Gasteiger charge is 2.32. The summed E-state index contributed by atoms with van der Waals surface area (Å²) in [6.07, 6.45) is 1.37. The van der Waals surface area contributed by atoms with E-state index in [9.17, 15) is 5.11 Å². The van der Waals surface area contributed by atoms with E-state index in [0.29, 0.717) is 12.0 Å². The molecule has 16 heavy (non-hydrogen) atoms. The van der Waals surface area contributed by atoms with Crippen LogP contribution in [0, 0.1) is 11.3 Å². The van der Waals surface area contributed by atoms with Crippen molar-refractivity contribution in [3.63, 3.8) is 0 Å². The van der Waals surface area contributed by atoms with E-state index in [1.165, 1.54) is 0 Å². The zero-order chi connectivity index (χ0) is 12.8. The summed E-state index contributed by atoms with van der Waals surface area (Å²) in [6.45, 7) is 9.41. The molecule has 0 saturated heterocycles. The molecular weight excluding hydrogens is 202 g/mol. The Hall–Kier alpha value is -0.120. The highest BCUT2D eigenvalue weighted by molar-refractivity contribution is 4.85. The van der Waals surface area contributed by atoms with Crippen molar-refractivity contribution in [2.75, 3.05) is 20.8 Å². The lowest BCUT2D eigenvalue weighted by Gasteiger charge is -2.37. The molecule has 0 heterocycles. The Bertz CT molecular complexity index is 177. The molecule has 0 aromatic heterocycles. The van der Waals surface area contributed by atoms with Crippen molar-refractivity contribution in [2.24, 2.45) is 11.3 Å². The molecule has 0 amide bonds. The minimum atomic E-state index is -0.223. The first kappa shape index (κ1) is 15.9. The van der Waals surface area contributed by atoms with E-state index in [-0.39, 0.29) is 11.5 Å². The molecule has 0 rings (SSSR count).